The second kappa shape index (κ2) is 12.8. The third kappa shape index (κ3) is 8.79. The molecule has 13 heteroatoms. The molecule has 0 saturated heterocycles. The zero-order valence-corrected chi connectivity index (χ0v) is 22.8. The van der Waals surface area contributed by atoms with E-state index in [1.54, 1.807) is 24.3 Å². The average molecular weight is 582 g/mol. The monoisotopic (exact) mass is 581 g/mol. The van der Waals surface area contributed by atoms with Crippen LogP contribution in [-0.4, -0.2) is 50.5 Å². The summed E-state index contributed by atoms with van der Waals surface area (Å²) in [5.41, 5.74) is -1.06. The lowest BCUT2D eigenvalue weighted by atomic mass is 10.1. The number of nitrogens with zero attached hydrogens (tertiary/aromatic N) is 2. The lowest BCUT2D eigenvalue weighted by Gasteiger charge is -2.31. The number of carbonyl (C=O) groups excluding carboxylic acids is 2. The lowest BCUT2D eigenvalue weighted by molar-refractivity contribution is -0.139. The number of amides is 2. The standard InChI is InChI=1S/C24H28Cl2F3N3O4S/c1-4-5-11-30-23(34)16(2)31(14-17-7-6-8-18(25)12-17)22(33)15-32(37(3,35)36)19-9-10-21(26)20(13-19)24(27,28)29/h6-10,12-13,16H,4-5,11,14-15H2,1-3H3,(H,30,34). The molecule has 0 spiro atoms. The highest BCUT2D eigenvalue weighted by molar-refractivity contribution is 7.92. The Morgan fingerprint density at radius 3 is 2.35 bits per heavy atom. The normalized spacial score (nSPS) is 12.6. The second-order valence-electron chi connectivity index (χ2n) is 8.40. The van der Waals surface area contributed by atoms with E-state index >= 15 is 0 Å². The molecule has 37 heavy (non-hydrogen) atoms. The summed E-state index contributed by atoms with van der Waals surface area (Å²) >= 11 is 11.7. The Balaban J connectivity index is 2.44. The molecule has 2 amide bonds. The van der Waals surface area contributed by atoms with Crippen LogP contribution in [0.15, 0.2) is 42.5 Å². The Morgan fingerprint density at radius 1 is 1.11 bits per heavy atom. The molecule has 1 N–H and O–H groups in total. The van der Waals surface area contributed by atoms with E-state index in [0.29, 0.717) is 27.5 Å². The van der Waals surface area contributed by atoms with Crippen LogP contribution in [-0.2, 0) is 32.3 Å². The Bertz CT molecular complexity index is 1230. The van der Waals surface area contributed by atoms with Crippen LogP contribution in [0.4, 0.5) is 18.9 Å². The smallest absolute Gasteiger partial charge is 0.354 e. The van der Waals surface area contributed by atoms with E-state index in [4.69, 9.17) is 23.2 Å². The van der Waals surface area contributed by atoms with Gasteiger partial charge >= 0.3 is 6.18 Å². The van der Waals surface area contributed by atoms with E-state index in [0.717, 1.165) is 36.1 Å². The largest absolute Gasteiger partial charge is 0.417 e. The molecule has 2 aromatic carbocycles. The van der Waals surface area contributed by atoms with Crippen molar-refractivity contribution in [3.63, 3.8) is 0 Å². The number of benzene rings is 2. The maximum absolute atomic E-state index is 13.4. The van der Waals surface area contributed by atoms with E-state index < -0.39 is 56.9 Å². The molecule has 0 heterocycles. The molecule has 0 aliphatic carbocycles. The number of alkyl halides is 3. The van der Waals surface area contributed by atoms with Crippen LogP contribution < -0.4 is 9.62 Å². The summed E-state index contributed by atoms with van der Waals surface area (Å²) in [6.45, 7) is 2.89. The van der Waals surface area contributed by atoms with Crippen LogP contribution in [0.1, 0.15) is 37.8 Å². The van der Waals surface area contributed by atoms with Crippen LogP contribution >= 0.6 is 23.2 Å². The molecular formula is C24H28Cl2F3N3O4S. The number of rotatable bonds is 11. The van der Waals surface area contributed by atoms with Crippen molar-refractivity contribution in [2.45, 2.75) is 45.5 Å². The fraction of sp³-hybridized carbons (Fsp3) is 0.417. The van der Waals surface area contributed by atoms with Crippen LogP contribution in [0.3, 0.4) is 0 Å². The quantitative estimate of drug-likeness (QED) is 0.373. The SMILES string of the molecule is CCCCNC(=O)C(C)N(Cc1cccc(Cl)c1)C(=O)CN(c1ccc(Cl)c(C(F)(F)F)c1)S(C)(=O)=O. The number of hydrogen-bond donors (Lipinski definition) is 1. The summed E-state index contributed by atoms with van der Waals surface area (Å²) in [6, 6.07) is 8.09. The van der Waals surface area contributed by atoms with Crippen molar-refractivity contribution in [2.24, 2.45) is 0 Å². The molecule has 2 rings (SSSR count). The predicted octanol–water partition coefficient (Wildman–Crippen LogP) is 5.11. The van der Waals surface area contributed by atoms with Crippen molar-refractivity contribution >= 4 is 50.7 Å². The molecule has 0 fully saturated rings. The first-order valence-corrected chi connectivity index (χ1v) is 13.9. The highest BCUT2D eigenvalue weighted by atomic mass is 35.5. The Hall–Kier alpha value is -2.50. The van der Waals surface area contributed by atoms with Crippen LogP contribution in [0.25, 0.3) is 0 Å². The number of nitrogens with one attached hydrogen (secondary N) is 1. The highest BCUT2D eigenvalue weighted by Gasteiger charge is 2.35. The molecule has 0 aliphatic rings. The van der Waals surface area contributed by atoms with Crippen LogP contribution in [0.2, 0.25) is 10.0 Å². The lowest BCUT2D eigenvalue weighted by Crippen LogP contribution is -2.51. The molecule has 0 aromatic heterocycles. The van der Waals surface area contributed by atoms with Gasteiger partial charge in [0.2, 0.25) is 21.8 Å². The number of anilines is 1. The van der Waals surface area contributed by atoms with Gasteiger partial charge in [-0.2, -0.15) is 13.2 Å². The summed E-state index contributed by atoms with van der Waals surface area (Å²) in [6.07, 6.45) is -2.51. The van der Waals surface area contributed by atoms with Crippen molar-refractivity contribution in [3.8, 4) is 0 Å². The maximum atomic E-state index is 13.4. The fourth-order valence-corrected chi connectivity index (χ4v) is 4.73. The van der Waals surface area contributed by atoms with Gasteiger partial charge in [0.15, 0.2) is 0 Å². The second-order valence-corrected chi connectivity index (χ2v) is 11.2. The van der Waals surface area contributed by atoms with Crippen molar-refractivity contribution in [1.29, 1.82) is 0 Å². The van der Waals surface area contributed by atoms with Crippen molar-refractivity contribution in [1.82, 2.24) is 10.2 Å². The molecule has 1 unspecified atom stereocenters. The van der Waals surface area contributed by atoms with Gasteiger partial charge in [-0.1, -0.05) is 48.7 Å². The molecule has 0 radical (unpaired) electrons. The molecule has 0 aliphatic heterocycles. The highest BCUT2D eigenvalue weighted by Crippen LogP contribution is 2.37. The van der Waals surface area contributed by atoms with E-state index in [1.807, 2.05) is 6.92 Å². The van der Waals surface area contributed by atoms with Gasteiger partial charge in [-0.3, -0.25) is 13.9 Å². The summed E-state index contributed by atoms with van der Waals surface area (Å²) < 4.78 is 65.9. The first-order valence-electron chi connectivity index (χ1n) is 11.3. The third-order valence-electron chi connectivity index (χ3n) is 5.46. The predicted molar refractivity (Wildman–Crippen MR) is 138 cm³/mol. The molecule has 0 bridgehead atoms. The molecule has 1 atom stereocenters. The summed E-state index contributed by atoms with van der Waals surface area (Å²) in [7, 11) is -4.21. The number of sulfonamides is 1. The molecule has 7 nitrogen and oxygen atoms in total. The van der Waals surface area contributed by atoms with Gasteiger partial charge in [0.25, 0.3) is 0 Å². The fourth-order valence-electron chi connectivity index (χ4n) is 3.45. The summed E-state index contributed by atoms with van der Waals surface area (Å²) in [5, 5.41) is 2.51. The first-order chi connectivity index (χ1) is 17.1. The molecule has 0 saturated carbocycles. The summed E-state index contributed by atoms with van der Waals surface area (Å²) in [4.78, 5) is 27.4. The number of carbonyl (C=O) groups is 2. The minimum atomic E-state index is -4.84. The minimum Gasteiger partial charge on any atom is -0.354 e. The van der Waals surface area contributed by atoms with Crippen LogP contribution in [0, 0.1) is 0 Å². The van der Waals surface area contributed by atoms with Gasteiger partial charge in [-0.25, -0.2) is 8.42 Å². The third-order valence-corrected chi connectivity index (χ3v) is 7.17. The molecule has 204 valence electrons. The number of unbranched alkanes of at least 4 members (excludes halogenated alkanes) is 1. The topological polar surface area (TPSA) is 86.8 Å². The van der Waals surface area contributed by atoms with Gasteiger partial charge in [-0.05, 0) is 49.2 Å². The van der Waals surface area contributed by atoms with Gasteiger partial charge in [0, 0.05) is 18.1 Å². The molecule has 2 aromatic rings. The zero-order valence-electron chi connectivity index (χ0n) is 20.5. The van der Waals surface area contributed by atoms with E-state index in [2.05, 4.69) is 5.32 Å². The Kier molecular flexibility index (Phi) is 10.7. The zero-order chi connectivity index (χ0) is 28.0. The van der Waals surface area contributed by atoms with E-state index in [-0.39, 0.29) is 6.54 Å². The summed E-state index contributed by atoms with van der Waals surface area (Å²) in [5.74, 6) is -1.26. The van der Waals surface area contributed by atoms with Gasteiger partial charge in [0.1, 0.15) is 12.6 Å². The van der Waals surface area contributed by atoms with Gasteiger partial charge in [0.05, 0.1) is 22.5 Å². The van der Waals surface area contributed by atoms with Crippen molar-refractivity contribution in [3.05, 3.63) is 63.6 Å². The Morgan fingerprint density at radius 2 is 1.78 bits per heavy atom. The molecular weight excluding hydrogens is 554 g/mol. The maximum Gasteiger partial charge on any atom is 0.417 e. The van der Waals surface area contributed by atoms with Crippen molar-refractivity contribution in [2.75, 3.05) is 23.7 Å². The van der Waals surface area contributed by atoms with Crippen molar-refractivity contribution < 1.29 is 31.2 Å². The minimum absolute atomic E-state index is 0.0895. The van der Waals surface area contributed by atoms with E-state index in [1.165, 1.54) is 6.92 Å². The number of hydrogen-bond acceptors (Lipinski definition) is 4. The Labute approximate surface area is 224 Å². The average Bonchev–Trinajstić information content (AvgIpc) is 2.79. The van der Waals surface area contributed by atoms with Gasteiger partial charge in [-0.15, -0.1) is 0 Å². The van der Waals surface area contributed by atoms with Crippen LogP contribution in [0.5, 0.6) is 0 Å². The van der Waals surface area contributed by atoms with E-state index in [9.17, 15) is 31.2 Å². The number of halogens is 5. The first kappa shape index (κ1) is 30.7. The van der Waals surface area contributed by atoms with Gasteiger partial charge < -0.3 is 10.2 Å².